The standard InChI is InChI=1S/C26H41N5O6/c1-6-8-21(32)31-22(16(2)3)24(34)30-20(9-7-14-28-26(27)36)23(33)29-19-12-10-18(11-13-19)15-37-25(35)17(4)5/h10-13,16-17,20,22H,6-9,14-15H2,1-5H3,(H,29,33)(H,30,34)(H,31,32)(H3,27,28,36)/t20-,22-/m0/s1. The molecule has 206 valence electrons. The van der Waals surface area contributed by atoms with Gasteiger partial charge in [0.15, 0.2) is 0 Å². The minimum atomic E-state index is -0.918. The van der Waals surface area contributed by atoms with Gasteiger partial charge in [-0.2, -0.15) is 0 Å². The highest BCUT2D eigenvalue weighted by atomic mass is 16.5. The number of ether oxygens (including phenoxy) is 1. The van der Waals surface area contributed by atoms with E-state index >= 15 is 0 Å². The molecule has 0 aromatic heterocycles. The molecular formula is C26H41N5O6. The van der Waals surface area contributed by atoms with E-state index in [1.165, 1.54) is 0 Å². The summed E-state index contributed by atoms with van der Waals surface area (Å²) in [6.45, 7) is 9.35. The Balaban J connectivity index is 2.89. The van der Waals surface area contributed by atoms with Crippen molar-refractivity contribution in [2.45, 2.75) is 79.0 Å². The molecule has 0 radical (unpaired) electrons. The highest BCUT2D eigenvalue weighted by Crippen LogP contribution is 2.13. The summed E-state index contributed by atoms with van der Waals surface area (Å²) in [5, 5.41) is 10.7. The third-order valence-electron chi connectivity index (χ3n) is 5.42. The summed E-state index contributed by atoms with van der Waals surface area (Å²) < 4.78 is 5.21. The number of nitrogens with one attached hydrogen (secondary N) is 4. The van der Waals surface area contributed by atoms with E-state index in [2.05, 4.69) is 21.3 Å². The second-order valence-electron chi connectivity index (χ2n) is 9.48. The number of amides is 5. The summed E-state index contributed by atoms with van der Waals surface area (Å²) in [5.74, 6) is -1.87. The fraction of sp³-hybridized carbons (Fsp3) is 0.577. The zero-order chi connectivity index (χ0) is 28.0. The van der Waals surface area contributed by atoms with Crippen LogP contribution >= 0.6 is 0 Å². The van der Waals surface area contributed by atoms with Crippen molar-refractivity contribution in [1.82, 2.24) is 16.0 Å². The maximum Gasteiger partial charge on any atom is 0.312 e. The summed E-state index contributed by atoms with van der Waals surface area (Å²) in [5.41, 5.74) is 6.35. The molecule has 5 amide bonds. The van der Waals surface area contributed by atoms with E-state index in [9.17, 15) is 24.0 Å². The monoisotopic (exact) mass is 519 g/mol. The van der Waals surface area contributed by atoms with Gasteiger partial charge in [0.2, 0.25) is 17.7 Å². The van der Waals surface area contributed by atoms with E-state index in [-0.39, 0.29) is 43.3 Å². The molecule has 11 nitrogen and oxygen atoms in total. The van der Waals surface area contributed by atoms with Crippen LogP contribution in [0.25, 0.3) is 0 Å². The number of rotatable bonds is 15. The highest BCUT2D eigenvalue weighted by Gasteiger charge is 2.28. The molecule has 2 atom stereocenters. The number of anilines is 1. The normalized spacial score (nSPS) is 12.4. The van der Waals surface area contributed by atoms with Crippen LogP contribution in [-0.2, 0) is 30.5 Å². The van der Waals surface area contributed by atoms with Crippen molar-refractivity contribution >= 4 is 35.4 Å². The van der Waals surface area contributed by atoms with Crippen LogP contribution in [0.4, 0.5) is 10.5 Å². The van der Waals surface area contributed by atoms with E-state index in [1.54, 1.807) is 38.1 Å². The van der Waals surface area contributed by atoms with E-state index in [4.69, 9.17) is 10.5 Å². The number of benzene rings is 1. The number of carbonyl (C=O) groups excluding carboxylic acids is 5. The predicted molar refractivity (Wildman–Crippen MR) is 140 cm³/mol. The Morgan fingerprint density at radius 2 is 1.59 bits per heavy atom. The zero-order valence-electron chi connectivity index (χ0n) is 22.4. The quantitative estimate of drug-likeness (QED) is 0.176. The first-order valence-electron chi connectivity index (χ1n) is 12.6. The number of hydrogen-bond acceptors (Lipinski definition) is 6. The van der Waals surface area contributed by atoms with Crippen LogP contribution in [0.3, 0.4) is 0 Å². The second-order valence-corrected chi connectivity index (χ2v) is 9.48. The Hall–Kier alpha value is -3.63. The molecule has 6 N–H and O–H groups in total. The van der Waals surface area contributed by atoms with Crippen LogP contribution in [0.15, 0.2) is 24.3 Å². The molecule has 37 heavy (non-hydrogen) atoms. The van der Waals surface area contributed by atoms with Crippen LogP contribution in [0, 0.1) is 11.8 Å². The van der Waals surface area contributed by atoms with Gasteiger partial charge >= 0.3 is 12.0 Å². The SMILES string of the molecule is CCCC(=O)N[C@H](C(=O)N[C@@H](CCCNC(N)=O)C(=O)Nc1ccc(COC(=O)C(C)C)cc1)C(C)C. The van der Waals surface area contributed by atoms with Crippen molar-refractivity contribution < 1.29 is 28.7 Å². The molecule has 1 rings (SSSR count). The van der Waals surface area contributed by atoms with E-state index in [0.29, 0.717) is 24.9 Å². The fourth-order valence-electron chi connectivity index (χ4n) is 3.29. The number of esters is 1. The molecule has 11 heteroatoms. The van der Waals surface area contributed by atoms with Crippen LogP contribution in [0.2, 0.25) is 0 Å². The average molecular weight is 520 g/mol. The van der Waals surface area contributed by atoms with Crippen molar-refractivity contribution in [2.75, 3.05) is 11.9 Å². The number of primary amides is 1. The Kier molecular flexibility index (Phi) is 13.7. The maximum atomic E-state index is 13.1. The maximum absolute atomic E-state index is 13.1. The minimum absolute atomic E-state index is 0.122. The molecule has 1 aromatic carbocycles. The van der Waals surface area contributed by atoms with Gasteiger partial charge in [0.25, 0.3) is 0 Å². The molecule has 0 aliphatic rings. The minimum Gasteiger partial charge on any atom is -0.461 e. The molecule has 0 saturated heterocycles. The first-order valence-corrected chi connectivity index (χ1v) is 12.6. The van der Waals surface area contributed by atoms with Crippen molar-refractivity contribution in [2.24, 2.45) is 17.6 Å². The molecule has 0 spiro atoms. The van der Waals surface area contributed by atoms with Crippen molar-refractivity contribution in [3.05, 3.63) is 29.8 Å². The summed E-state index contributed by atoms with van der Waals surface area (Å²) in [6, 6.07) is 4.40. The first kappa shape index (κ1) is 31.4. The lowest BCUT2D eigenvalue weighted by Crippen LogP contribution is -2.54. The van der Waals surface area contributed by atoms with Gasteiger partial charge < -0.3 is 31.7 Å². The van der Waals surface area contributed by atoms with Gasteiger partial charge in [0, 0.05) is 18.7 Å². The van der Waals surface area contributed by atoms with E-state index < -0.39 is 29.9 Å². The van der Waals surface area contributed by atoms with Gasteiger partial charge in [-0.25, -0.2) is 4.79 Å². The molecule has 1 aromatic rings. The fourth-order valence-corrected chi connectivity index (χ4v) is 3.29. The van der Waals surface area contributed by atoms with Crippen LogP contribution < -0.4 is 27.0 Å². The van der Waals surface area contributed by atoms with Crippen molar-refractivity contribution in [3.63, 3.8) is 0 Å². The Bertz CT molecular complexity index is 917. The van der Waals surface area contributed by atoms with Gasteiger partial charge in [0.1, 0.15) is 18.7 Å². The molecule has 0 aliphatic heterocycles. The lowest BCUT2D eigenvalue weighted by Gasteiger charge is -2.25. The van der Waals surface area contributed by atoms with E-state index in [1.807, 2.05) is 20.8 Å². The largest absolute Gasteiger partial charge is 0.461 e. The van der Waals surface area contributed by atoms with E-state index in [0.717, 1.165) is 5.56 Å². The summed E-state index contributed by atoms with van der Waals surface area (Å²) >= 11 is 0. The Labute approximate surface area is 218 Å². The lowest BCUT2D eigenvalue weighted by atomic mass is 10.0. The summed E-state index contributed by atoms with van der Waals surface area (Å²) in [6.07, 6.45) is 1.56. The second kappa shape index (κ2) is 16.2. The first-order chi connectivity index (χ1) is 17.4. The molecule has 0 heterocycles. The van der Waals surface area contributed by atoms with Gasteiger partial charge in [0.05, 0.1) is 5.92 Å². The number of hydrogen-bond donors (Lipinski definition) is 5. The highest BCUT2D eigenvalue weighted by molar-refractivity contribution is 5.98. The molecule has 0 fully saturated rings. The van der Waals surface area contributed by atoms with Gasteiger partial charge in [-0.3, -0.25) is 19.2 Å². The van der Waals surface area contributed by atoms with Gasteiger partial charge in [-0.15, -0.1) is 0 Å². The Morgan fingerprint density at radius 3 is 2.14 bits per heavy atom. The summed E-state index contributed by atoms with van der Waals surface area (Å²) in [4.78, 5) is 60.8. The van der Waals surface area contributed by atoms with Crippen LogP contribution in [0.5, 0.6) is 0 Å². The molecule has 0 bridgehead atoms. The number of carbonyl (C=O) groups is 5. The third-order valence-corrected chi connectivity index (χ3v) is 5.42. The van der Waals surface area contributed by atoms with Crippen LogP contribution in [-0.4, -0.2) is 48.4 Å². The third kappa shape index (κ3) is 12.2. The zero-order valence-corrected chi connectivity index (χ0v) is 22.4. The molecule has 0 unspecified atom stereocenters. The van der Waals surface area contributed by atoms with Crippen molar-refractivity contribution in [3.8, 4) is 0 Å². The molecule has 0 aliphatic carbocycles. The predicted octanol–water partition coefficient (Wildman–Crippen LogP) is 2.20. The molecule has 0 saturated carbocycles. The van der Waals surface area contributed by atoms with Gasteiger partial charge in [-0.05, 0) is 42.9 Å². The van der Waals surface area contributed by atoms with Gasteiger partial charge in [-0.1, -0.05) is 46.8 Å². The number of nitrogens with two attached hydrogens (primary N) is 1. The summed E-state index contributed by atoms with van der Waals surface area (Å²) in [7, 11) is 0. The Morgan fingerprint density at radius 1 is 0.946 bits per heavy atom. The number of urea groups is 1. The average Bonchev–Trinajstić information content (AvgIpc) is 2.83. The smallest absolute Gasteiger partial charge is 0.312 e. The lowest BCUT2D eigenvalue weighted by molar-refractivity contribution is -0.148. The van der Waals surface area contributed by atoms with Crippen molar-refractivity contribution in [1.29, 1.82) is 0 Å². The molecular weight excluding hydrogens is 478 g/mol. The topological polar surface area (TPSA) is 169 Å². The van der Waals surface area contributed by atoms with Crippen LogP contribution in [0.1, 0.15) is 65.9 Å².